The lowest BCUT2D eigenvalue weighted by atomic mass is 9.95. The third-order valence-electron chi connectivity index (χ3n) is 2.43. The summed E-state index contributed by atoms with van der Waals surface area (Å²) in [4.78, 5) is 20.2. The predicted octanol–water partition coefficient (Wildman–Crippen LogP) is 0.351. The molecule has 8 nitrogen and oxygen atoms in total. The summed E-state index contributed by atoms with van der Waals surface area (Å²) in [6.45, 7) is 0. The molecule has 1 aliphatic rings. The van der Waals surface area contributed by atoms with Crippen LogP contribution in [0, 0.1) is 20.2 Å². The van der Waals surface area contributed by atoms with Gasteiger partial charge in [0.15, 0.2) is 0 Å². The van der Waals surface area contributed by atoms with Gasteiger partial charge in [-0.15, -0.1) is 0 Å². The largest absolute Gasteiger partial charge is 0.445 e. The normalized spacial score (nSPS) is 32.6. The quantitative estimate of drug-likeness (QED) is 0.392. The summed E-state index contributed by atoms with van der Waals surface area (Å²) in [6, 6.07) is 0. The molecule has 2 unspecified atom stereocenters. The maximum Gasteiger partial charge on any atom is 0.445 e. The van der Waals surface area contributed by atoms with Crippen molar-refractivity contribution in [2.45, 2.75) is 11.4 Å². The minimum Gasteiger partial charge on any atom is -0.307 e. The first-order chi connectivity index (χ1) is 7.47. The van der Waals surface area contributed by atoms with E-state index in [9.17, 15) is 20.2 Å². The van der Waals surface area contributed by atoms with Crippen molar-refractivity contribution in [1.29, 1.82) is 0 Å². The number of nitrogens with zero attached hydrogens (tertiary/aromatic N) is 2. The predicted molar refractivity (Wildman–Crippen MR) is 51.7 cm³/mol. The number of hydrogen-bond acceptors (Lipinski definition) is 6. The molecule has 0 heterocycles. The van der Waals surface area contributed by atoms with Gasteiger partial charge in [0, 0.05) is 26.4 Å². The molecule has 0 aromatic rings. The Labute approximate surface area is 90.4 Å². The number of rotatable bonds is 4. The highest BCUT2D eigenvalue weighted by atomic mass is 16.7. The molecule has 0 saturated heterocycles. The minimum atomic E-state index is -2.36. The van der Waals surface area contributed by atoms with E-state index in [0.717, 1.165) is 26.4 Å². The van der Waals surface area contributed by atoms with Crippen LogP contribution in [0.2, 0.25) is 0 Å². The van der Waals surface area contributed by atoms with Gasteiger partial charge in [0.2, 0.25) is 0 Å². The zero-order valence-electron chi connectivity index (χ0n) is 8.65. The van der Waals surface area contributed by atoms with E-state index in [0.29, 0.717) is 0 Å². The Morgan fingerprint density at radius 2 is 1.25 bits per heavy atom. The highest BCUT2D eigenvalue weighted by Gasteiger charge is 2.72. The van der Waals surface area contributed by atoms with E-state index in [1.807, 2.05) is 0 Å². The molecular formula is C8H10N2O6. The molecule has 1 rings (SSSR count). The standard InChI is InChI=1S/C8H10N2O6/c1-15-7(9(11)12)5-3-4-6-8(7,16-2)10(13)14/h3-6H,1-2H3. The SMILES string of the molecule is COC1([N+](=O)[O-])C=CC=CC1(OC)[N+](=O)[O-]. The van der Waals surface area contributed by atoms with Crippen LogP contribution in [-0.2, 0) is 9.47 Å². The molecule has 0 radical (unpaired) electrons. The van der Waals surface area contributed by atoms with Gasteiger partial charge in [0.05, 0.1) is 9.85 Å². The lowest BCUT2D eigenvalue weighted by Gasteiger charge is -2.31. The van der Waals surface area contributed by atoms with Crippen LogP contribution < -0.4 is 0 Å². The van der Waals surface area contributed by atoms with E-state index in [1.165, 1.54) is 12.2 Å². The van der Waals surface area contributed by atoms with E-state index in [1.54, 1.807) is 0 Å². The second kappa shape index (κ2) is 3.99. The van der Waals surface area contributed by atoms with Gasteiger partial charge in [0.1, 0.15) is 0 Å². The maximum absolute atomic E-state index is 11.0. The molecule has 2 atom stereocenters. The highest BCUT2D eigenvalue weighted by Crippen LogP contribution is 2.35. The highest BCUT2D eigenvalue weighted by molar-refractivity contribution is 5.23. The van der Waals surface area contributed by atoms with Crippen LogP contribution in [0.25, 0.3) is 0 Å². The van der Waals surface area contributed by atoms with Crippen molar-refractivity contribution in [2.75, 3.05) is 14.2 Å². The van der Waals surface area contributed by atoms with Crippen molar-refractivity contribution >= 4 is 0 Å². The van der Waals surface area contributed by atoms with E-state index in [-0.39, 0.29) is 0 Å². The lowest BCUT2D eigenvalue weighted by molar-refractivity contribution is -0.738. The Bertz CT molecular complexity index is 343. The number of methoxy groups -OCH3 is 2. The van der Waals surface area contributed by atoms with Crippen LogP contribution in [0.5, 0.6) is 0 Å². The molecule has 0 fully saturated rings. The summed E-state index contributed by atoms with van der Waals surface area (Å²) < 4.78 is 9.41. The smallest absolute Gasteiger partial charge is 0.307 e. The Morgan fingerprint density at radius 3 is 1.44 bits per heavy atom. The fraction of sp³-hybridized carbons (Fsp3) is 0.500. The van der Waals surface area contributed by atoms with Gasteiger partial charge >= 0.3 is 11.4 Å². The Kier molecular flexibility index (Phi) is 3.06. The molecule has 16 heavy (non-hydrogen) atoms. The molecule has 0 aromatic carbocycles. The van der Waals surface area contributed by atoms with Gasteiger partial charge in [-0.2, -0.15) is 0 Å². The molecule has 0 N–H and O–H groups in total. The second-order valence-electron chi connectivity index (χ2n) is 3.03. The Morgan fingerprint density at radius 1 is 0.938 bits per heavy atom. The van der Waals surface area contributed by atoms with E-state index < -0.39 is 21.3 Å². The van der Waals surface area contributed by atoms with Gasteiger partial charge < -0.3 is 9.47 Å². The van der Waals surface area contributed by atoms with E-state index >= 15 is 0 Å². The molecule has 0 spiro atoms. The summed E-state index contributed by atoms with van der Waals surface area (Å²) in [5.74, 6) is 0. The van der Waals surface area contributed by atoms with E-state index in [2.05, 4.69) is 0 Å². The first-order valence-electron chi connectivity index (χ1n) is 4.23. The van der Waals surface area contributed by atoms with Crippen molar-refractivity contribution in [3.8, 4) is 0 Å². The van der Waals surface area contributed by atoms with Crippen LogP contribution in [-0.4, -0.2) is 35.5 Å². The monoisotopic (exact) mass is 230 g/mol. The Balaban J connectivity index is 3.44. The fourth-order valence-electron chi connectivity index (χ4n) is 1.57. The molecule has 1 aliphatic carbocycles. The number of ether oxygens (including phenoxy) is 2. The zero-order valence-corrected chi connectivity index (χ0v) is 8.65. The third-order valence-corrected chi connectivity index (χ3v) is 2.43. The van der Waals surface area contributed by atoms with Gasteiger partial charge in [-0.25, -0.2) is 0 Å². The molecule has 0 aromatic heterocycles. The average molecular weight is 230 g/mol. The van der Waals surface area contributed by atoms with Crippen LogP contribution in [0.1, 0.15) is 0 Å². The molecule has 88 valence electrons. The summed E-state index contributed by atoms with van der Waals surface area (Å²) in [6.07, 6.45) is 4.57. The molecule has 0 amide bonds. The molecular weight excluding hydrogens is 220 g/mol. The van der Waals surface area contributed by atoms with Gasteiger partial charge in [-0.05, 0) is 0 Å². The lowest BCUT2D eigenvalue weighted by Crippen LogP contribution is -2.64. The molecule has 8 heteroatoms. The summed E-state index contributed by atoms with van der Waals surface area (Å²) in [5.41, 5.74) is -4.72. The Hall–Kier alpha value is -1.80. The third kappa shape index (κ3) is 1.31. The van der Waals surface area contributed by atoms with Crippen LogP contribution >= 0.6 is 0 Å². The second-order valence-corrected chi connectivity index (χ2v) is 3.03. The van der Waals surface area contributed by atoms with Crippen LogP contribution in [0.4, 0.5) is 0 Å². The van der Waals surface area contributed by atoms with E-state index in [4.69, 9.17) is 9.47 Å². The fourth-order valence-corrected chi connectivity index (χ4v) is 1.57. The van der Waals surface area contributed by atoms with Crippen molar-refractivity contribution in [3.63, 3.8) is 0 Å². The minimum absolute atomic E-state index is 0.890. The van der Waals surface area contributed by atoms with Gasteiger partial charge in [-0.1, -0.05) is 12.2 Å². The number of allylic oxidation sites excluding steroid dienone is 2. The van der Waals surface area contributed by atoms with Crippen molar-refractivity contribution in [1.82, 2.24) is 0 Å². The van der Waals surface area contributed by atoms with Crippen LogP contribution in [0.15, 0.2) is 24.3 Å². The van der Waals surface area contributed by atoms with Crippen molar-refractivity contribution < 1.29 is 19.3 Å². The number of hydrogen-bond donors (Lipinski definition) is 0. The zero-order chi connectivity index (χ0) is 12.4. The van der Waals surface area contributed by atoms with Gasteiger partial charge in [-0.3, -0.25) is 20.2 Å². The summed E-state index contributed by atoms with van der Waals surface area (Å²) in [5, 5.41) is 22.0. The van der Waals surface area contributed by atoms with Crippen molar-refractivity contribution in [3.05, 3.63) is 44.5 Å². The molecule has 0 saturated carbocycles. The van der Waals surface area contributed by atoms with Crippen LogP contribution in [0.3, 0.4) is 0 Å². The molecule has 0 bridgehead atoms. The van der Waals surface area contributed by atoms with Gasteiger partial charge in [0.25, 0.3) is 0 Å². The summed E-state index contributed by atoms with van der Waals surface area (Å²) >= 11 is 0. The average Bonchev–Trinajstić information content (AvgIpc) is 2.27. The first kappa shape index (κ1) is 12.3. The maximum atomic E-state index is 11.0. The topological polar surface area (TPSA) is 105 Å². The first-order valence-corrected chi connectivity index (χ1v) is 4.23. The summed E-state index contributed by atoms with van der Waals surface area (Å²) in [7, 11) is 2.03. The van der Waals surface area contributed by atoms with Crippen molar-refractivity contribution in [2.24, 2.45) is 0 Å². The number of nitro groups is 2. The molecule has 0 aliphatic heterocycles.